The molecule has 15 heavy (non-hydrogen) atoms. The fourth-order valence-electron chi connectivity index (χ4n) is 0.970. The highest BCUT2D eigenvalue weighted by Crippen LogP contribution is 2.13. The molecule has 0 amide bonds. The maximum atomic E-state index is 12.6. The highest BCUT2D eigenvalue weighted by atomic mass is 19.1. The molecule has 1 atom stereocenters. The molecule has 84 valence electrons. The second-order valence-electron chi connectivity index (χ2n) is 3.71. The number of hydrogen-bond acceptors (Lipinski definition) is 3. The summed E-state index contributed by atoms with van der Waals surface area (Å²) in [4.78, 5) is 0. The van der Waals surface area contributed by atoms with E-state index in [0.29, 0.717) is 12.4 Å². The van der Waals surface area contributed by atoms with Crippen molar-refractivity contribution in [3.63, 3.8) is 0 Å². The minimum Gasteiger partial charge on any atom is -0.492 e. The Labute approximate surface area is 88.9 Å². The van der Waals surface area contributed by atoms with Gasteiger partial charge in [0, 0.05) is 0 Å². The first kappa shape index (κ1) is 11.9. The number of rotatable bonds is 5. The molecular formula is C11H16FNO2. The Bertz CT molecular complexity index is 296. The van der Waals surface area contributed by atoms with Gasteiger partial charge in [-0.3, -0.25) is 0 Å². The van der Waals surface area contributed by atoms with E-state index in [0.717, 1.165) is 0 Å². The summed E-state index contributed by atoms with van der Waals surface area (Å²) in [5, 5.41) is 12.1. The maximum Gasteiger partial charge on any atom is 0.123 e. The fraction of sp³-hybridized carbons (Fsp3) is 0.455. The topological polar surface area (TPSA) is 41.5 Å². The first-order valence-electron chi connectivity index (χ1n) is 4.78. The largest absolute Gasteiger partial charge is 0.492 e. The number of halogens is 1. The van der Waals surface area contributed by atoms with Crippen LogP contribution in [0.4, 0.5) is 4.39 Å². The molecule has 0 aliphatic carbocycles. The van der Waals surface area contributed by atoms with E-state index in [-0.39, 0.29) is 12.4 Å². The molecule has 0 fully saturated rings. The van der Waals surface area contributed by atoms with Crippen LogP contribution in [-0.4, -0.2) is 30.9 Å². The van der Waals surface area contributed by atoms with Crippen LogP contribution in [0.1, 0.15) is 6.92 Å². The second-order valence-corrected chi connectivity index (χ2v) is 3.71. The van der Waals surface area contributed by atoms with Crippen molar-refractivity contribution in [2.24, 2.45) is 0 Å². The van der Waals surface area contributed by atoms with E-state index in [9.17, 15) is 4.39 Å². The van der Waals surface area contributed by atoms with E-state index in [1.54, 1.807) is 19.2 Å². The predicted molar refractivity (Wildman–Crippen MR) is 56.4 cm³/mol. The van der Waals surface area contributed by atoms with Crippen molar-refractivity contribution in [2.45, 2.75) is 12.5 Å². The minimum absolute atomic E-state index is 0.0231. The first-order valence-corrected chi connectivity index (χ1v) is 4.78. The summed E-state index contributed by atoms with van der Waals surface area (Å²) in [6.45, 7) is 2.15. The lowest BCUT2D eigenvalue weighted by molar-refractivity contribution is 0.122. The summed E-state index contributed by atoms with van der Waals surface area (Å²) in [6, 6.07) is 5.79. The maximum absolute atomic E-state index is 12.6. The number of hydrogen-bond donors (Lipinski definition) is 2. The molecule has 0 aromatic heterocycles. The molecule has 4 heteroatoms. The van der Waals surface area contributed by atoms with Gasteiger partial charge in [-0.2, -0.15) is 0 Å². The van der Waals surface area contributed by atoms with E-state index in [1.165, 1.54) is 12.1 Å². The summed E-state index contributed by atoms with van der Waals surface area (Å²) in [5.41, 5.74) is -0.478. The van der Waals surface area contributed by atoms with Crippen LogP contribution in [-0.2, 0) is 0 Å². The predicted octanol–water partition coefficient (Wildman–Crippen LogP) is 1.17. The quantitative estimate of drug-likeness (QED) is 0.771. The average molecular weight is 213 g/mol. The van der Waals surface area contributed by atoms with Crippen molar-refractivity contribution in [3.05, 3.63) is 30.1 Å². The number of benzene rings is 1. The van der Waals surface area contributed by atoms with Gasteiger partial charge in [-0.15, -0.1) is 0 Å². The van der Waals surface area contributed by atoms with E-state index >= 15 is 0 Å². The zero-order valence-corrected chi connectivity index (χ0v) is 8.96. The molecule has 0 saturated carbocycles. The van der Waals surface area contributed by atoms with Crippen molar-refractivity contribution in [2.75, 3.05) is 20.3 Å². The highest BCUT2D eigenvalue weighted by molar-refractivity contribution is 5.22. The van der Waals surface area contributed by atoms with E-state index in [4.69, 9.17) is 9.84 Å². The zero-order valence-electron chi connectivity index (χ0n) is 8.96. The standard InChI is InChI=1S/C11H16FNO2/c1-11(7-14,13-2)8-15-10-5-3-9(12)4-6-10/h3-6,13-14H,7-8H2,1-2H3. The molecule has 0 heterocycles. The van der Waals surface area contributed by atoms with Crippen molar-refractivity contribution in [1.82, 2.24) is 5.32 Å². The lowest BCUT2D eigenvalue weighted by Gasteiger charge is -2.26. The SMILES string of the molecule is CNC(C)(CO)COc1ccc(F)cc1. The van der Waals surface area contributed by atoms with Crippen LogP contribution in [0.5, 0.6) is 5.75 Å². The molecule has 0 radical (unpaired) electrons. The lowest BCUT2D eigenvalue weighted by Crippen LogP contribution is -2.48. The van der Waals surface area contributed by atoms with Crippen molar-refractivity contribution in [1.29, 1.82) is 0 Å². The van der Waals surface area contributed by atoms with Gasteiger partial charge < -0.3 is 15.2 Å². The Balaban J connectivity index is 2.53. The smallest absolute Gasteiger partial charge is 0.123 e. The number of aliphatic hydroxyl groups is 1. The van der Waals surface area contributed by atoms with Crippen LogP contribution in [0.3, 0.4) is 0 Å². The Hall–Kier alpha value is -1.13. The van der Waals surface area contributed by atoms with Crippen molar-refractivity contribution < 1.29 is 14.2 Å². The van der Waals surface area contributed by atoms with Crippen molar-refractivity contribution in [3.8, 4) is 5.75 Å². The first-order chi connectivity index (χ1) is 7.09. The van der Waals surface area contributed by atoms with Crippen LogP contribution < -0.4 is 10.1 Å². The van der Waals surface area contributed by atoms with Crippen LogP contribution in [0.2, 0.25) is 0 Å². The monoisotopic (exact) mass is 213 g/mol. The Kier molecular flexibility index (Phi) is 4.05. The Morgan fingerprint density at radius 2 is 2.00 bits per heavy atom. The number of ether oxygens (including phenoxy) is 1. The van der Waals surface area contributed by atoms with Crippen LogP contribution in [0.25, 0.3) is 0 Å². The van der Waals surface area contributed by atoms with Gasteiger partial charge in [0.05, 0.1) is 12.1 Å². The molecule has 0 bridgehead atoms. The highest BCUT2D eigenvalue weighted by Gasteiger charge is 2.21. The summed E-state index contributed by atoms with van der Waals surface area (Å²) in [5.74, 6) is 0.298. The lowest BCUT2D eigenvalue weighted by atomic mass is 10.1. The third-order valence-corrected chi connectivity index (χ3v) is 2.32. The number of aliphatic hydroxyl groups excluding tert-OH is 1. The minimum atomic E-state index is -0.478. The van der Waals surface area contributed by atoms with Gasteiger partial charge in [0.25, 0.3) is 0 Å². The van der Waals surface area contributed by atoms with Gasteiger partial charge in [0.1, 0.15) is 18.2 Å². The summed E-state index contributed by atoms with van der Waals surface area (Å²) >= 11 is 0. The van der Waals surface area contributed by atoms with Gasteiger partial charge in [0.2, 0.25) is 0 Å². The third-order valence-electron chi connectivity index (χ3n) is 2.32. The Morgan fingerprint density at radius 3 is 2.47 bits per heavy atom. The third kappa shape index (κ3) is 3.49. The van der Waals surface area contributed by atoms with Gasteiger partial charge in [-0.05, 0) is 38.2 Å². The van der Waals surface area contributed by atoms with Gasteiger partial charge >= 0.3 is 0 Å². The Morgan fingerprint density at radius 1 is 1.40 bits per heavy atom. The molecule has 0 saturated heterocycles. The van der Waals surface area contributed by atoms with Gasteiger partial charge in [-0.1, -0.05) is 0 Å². The molecule has 1 aromatic rings. The van der Waals surface area contributed by atoms with Crippen LogP contribution >= 0.6 is 0 Å². The molecule has 0 spiro atoms. The molecule has 1 rings (SSSR count). The second kappa shape index (κ2) is 5.09. The number of likely N-dealkylation sites (N-methyl/N-ethyl adjacent to an activating group) is 1. The van der Waals surface area contributed by atoms with Crippen LogP contribution in [0.15, 0.2) is 24.3 Å². The van der Waals surface area contributed by atoms with Gasteiger partial charge in [0.15, 0.2) is 0 Å². The van der Waals surface area contributed by atoms with Crippen molar-refractivity contribution >= 4 is 0 Å². The zero-order chi connectivity index (χ0) is 11.3. The summed E-state index contributed by atoms with van der Waals surface area (Å²) < 4.78 is 18.0. The molecule has 2 N–H and O–H groups in total. The molecule has 1 unspecified atom stereocenters. The normalized spacial score (nSPS) is 14.7. The summed E-state index contributed by atoms with van der Waals surface area (Å²) in [7, 11) is 1.75. The summed E-state index contributed by atoms with van der Waals surface area (Å²) in [6.07, 6.45) is 0. The molecule has 1 aromatic carbocycles. The molecule has 3 nitrogen and oxygen atoms in total. The fourth-order valence-corrected chi connectivity index (χ4v) is 0.970. The molecule has 0 aliphatic rings. The molecular weight excluding hydrogens is 197 g/mol. The van der Waals surface area contributed by atoms with Crippen LogP contribution in [0, 0.1) is 5.82 Å². The van der Waals surface area contributed by atoms with E-state index < -0.39 is 5.54 Å². The van der Waals surface area contributed by atoms with E-state index in [1.807, 2.05) is 6.92 Å². The number of nitrogens with one attached hydrogen (secondary N) is 1. The molecule has 0 aliphatic heterocycles. The van der Waals surface area contributed by atoms with E-state index in [2.05, 4.69) is 5.32 Å². The van der Waals surface area contributed by atoms with Gasteiger partial charge in [-0.25, -0.2) is 4.39 Å². The average Bonchev–Trinajstić information content (AvgIpc) is 2.28.